The van der Waals surface area contributed by atoms with Crippen molar-refractivity contribution in [3.05, 3.63) is 16.1 Å². The predicted molar refractivity (Wildman–Crippen MR) is 48.6 cm³/mol. The van der Waals surface area contributed by atoms with Gasteiger partial charge in [0.15, 0.2) is 10.7 Å². The molecule has 0 radical (unpaired) electrons. The molecule has 0 spiro atoms. The van der Waals surface area contributed by atoms with Gasteiger partial charge in [0, 0.05) is 0 Å². The van der Waals surface area contributed by atoms with Crippen LogP contribution in [0.5, 0.6) is 0 Å². The van der Waals surface area contributed by atoms with E-state index in [0.717, 1.165) is 20.0 Å². The van der Waals surface area contributed by atoms with E-state index in [2.05, 4.69) is 4.98 Å². The zero-order valence-electron chi connectivity index (χ0n) is 7.57. The highest BCUT2D eigenvalue weighted by atomic mass is 32.1. The molecule has 0 saturated carbocycles. The third-order valence-corrected chi connectivity index (χ3v) is 2.43. The second-order valence-electron chi connectivity index (χ2n) is 3.14. The average molecular weight is 217 g/mol. The summed E-state index contributed by atoms with van der Waals surface area (Å²) in [5.41, 5.74) is -2.02. The molecule has 0 aromatic carbocycles. The summed E-state index contributed by atoms with van der Waals surface area (Å²) in [6.07, 6.45) is 1.05. The van der Waals surface area contributed by atoms with Gasteiger partial charge in [0.05, 0.1) is 6.20 Å². The van der Waals surface area contributed by atoms with Crippen LogP contribution in [0.2, 0.25) is 0 Å². The van der Waals surface area contributed by atoms with Gasteiger partial charge in [0.1, 0.15) is 4.88 Å². The van der Waals surface area contributed by atoms with Crippen LogP contribution >= 0.6 is 11.3 Å². The lowest BCUT2D eigenvalue weighted by Crippen LogP contribution is -2.25. The molecule has 1 N–H and O–H groups in total. The number of Topliss-reactive ketones (excluding diaryl/α,β-unsaturated/α-hetero) is 1. The molecule has 1 heterocycles. The second kappa shape index (κ2) is 3.45. The Hall–Kier alpha value is -1.30. The van der Waals surface area contributed by atoms with Crippen LogP contribution in [0.15, 0.2) is 6.20 Å². The molecule has 76 valence electrons. The number of alkyl halides is 1. The minimum atomic E-state index is -2.02. The molecule has 4 nitrogen and oxygen atoms in total. The Morgan fingerprint density at radius 3 is 2.50 bits per heavy atom. The van der Waals surface area contributed by atoms with E-state index in [4.69, 9.17) is 5.11 Å². The topological polar surface area (TPSA) is 67.3 Å². The van der Waals surface area contributed by atoms with Crippen molar-refractivity contribution in [2.24, 2.45) is 0 Å². The number of hydrogen-bond donors (Lipinski definition) is 1. The number of carbonyl (C=O) groups excluding carboxylic acids is 1. The van der Waals surface area contributed by atoms with Crippen molar-refractivity contribution in [3.8, 4) is 0 Å². The molecule has 0 fully saturated rings. The molecule has 1 rings (SSSR count). The van der Waals surface area contributed by atoms with Crippen LogP contribution in [0.1, 0.15) is 33.3 Å². The quantitative estimate of drug-likeness (QED) is 0.783. The van der Waals surface area contributed by atoms with Crippen LogP contribution in [0.25, 0.3) is 0 Å². The molecule has 14 heavy (non-hydrogen) atoms. The van der Waals surface area contributed by atoms with Gasteiger partial charge in [-0.1, -0.05) is 0 Å². The third kappa shape index (κ3) is 2.14. The molecular weight excluding hydrogens is 209 g/mol. The summed E-state index contributed by atoms with van der Waals surface area (Å²) < 4.78 is 13.1. The molecule has 0 aliphatic rings. The Morgan fingerprint density at radius 2 is 2.14 bits per heavy atom. The maximum absolute atomic E-state index is 13.1. The number of aromatic carboxylic acids is 1. The van der Waals surface area contributed by atoms with Crippen LogP contribution in [0.4, 0.5) is 4.39 Å². The summed E-state index contributed by atoms with van der Waals surface area (Å²) >= 11 is 0.676. The monoisotopic (exact) mass is 217 g/mol. The van der Waals surface area contributed by atoms with Crippen molar-refractivity contribution in [1.82, 2.24) is 4.98 Å². The molecule has 0 saturated heterocycles. The van der Waals surface area contributed by atoms with Crippen molar-refractivity contribution in [2.75, 3.05) is 0 Å². The van der Waals surface area contributed by atoms with E-state index >= 15 is 0 Å². The molecule has 0 atom stereocenters. The Kier molecular flexibility index (Phi) is 2.66. The van der Waals surface area contributed by atoms with Gasteiger partial charge < -0.3 is 5.11 Å². The number of carboxylic acids is 1. The fourth-order valence-electron chi connectivity index (χ4n) is 0.732. The molecule has 6 heteroatoms. The molecular formula is C8H8FNO3S. The van der Waals surface area contributed by atoms with E-state index in [1.165, 1.54) is 0 Å². The Morgan fingerprint density at radius 1 is 1.57 bits per heavy atom. The van der Waals surface area contributed by atoms with E-state index in [9.17, 15) is 14.0 Å². The average Bonchev–Trinajstić information content (AvgIpc) is 2.48. The van der Waals surface area contributed by atoms with Crippen LogP contribution in [-0.2, 0) is 0 Å². The first kappa shape index (κ1) is 10.8. The third-order valence-electron chi connectivity index (χ3n) is 1.45. The van der Waals surface area contributed by atoms with Crippen LogP contribution in [-0.4, -0.2) is 27.5 Å². The maximum atomic E-state index is 13.1. The van der Waals surface area contributed by atoms with Crippen LogP contribution in [0.3, 0.4) is 0 Å². The smallest absolute Gasteiger partial charge is 0.347 e. The Balaban J connectivity index is 2.99. The van der Waals surface area contributed by atoms with Gasteiger partial charge in [0.25, 0.3) is 0 Å². The number of hydrogen-bond acceptors (Lipinski definition) is 4. The van der Waals surface area contributed by atoms with Gasteiger partial charge >= 0.3 is 5.97 Å². The number of halogens is 1. The lowest BCUT2D eigenvalue weighted by atomic mass is 10.1. The Bertz CT molecular complexity index is 380. The summed E-state index contributed by atoms with van der Waals surface area (Å²) in [5, 5.41) is 8.43. The van der Waals surface area contributed by atoms with E-state index in [1.807, 2.05) is 0 Å². The van der Waals surface area contributed by atoms with E-state index in [0.29, 0.717) is 11.3 Å². The van der Waals surface area contributed by atoms with Crippen molar-refractivity contribution < 1.29 is 19.1 Å². The fourth-order valence-corrected chi connectivity index (χ4v) is 1.57. The minimum absolute atomic E-state index is 0.0717. The SMILES string of the molecule is CC(C)(F)C(=O)c1ncc(C(=O)O)s1. The van der Waals surface area contributed by atoms with E-state index in [-0.39, 0.29) is 9.88 Å². The van der Waals surface area contributed by atoms with Gasteiger partial charge in [-0.3, -0.25) is 4.79 Å². The number of carboxylic acid groups (broad SMARTS) is 1. The van der Waals surface area contributed by atoms with Crippen LogP contribution < -0.4 is 0 Å². The zero-order chi connectivity index (χ0) is 10.9. The first-order chi connectivity index (χ1) is 6.32. The maximum Gasteiger partial charge on any atom is 0.347 e. The second-order valence-corrected chi connectivity index (χ2v) is 4.17. The highest BCUT2D eigenvalue weighted by Crippen LogP contribution is 2.21. The number of carbonyl (C=O) groups is 2. The van der Waals surface area contributed by atoms with Crippen molar-refractivity contribution in [1.29, 1.82) is 0 Å². The number of nitrogens with zero attached hydrogens (tertiary/aromatic N) is 1. The number of ketones is 1. The normalized spacial score (nSPS) is 11.4. The fraction of sp³-hybridized carbons (Fsp3) is 0.375. The lowest BCUT2D eigenvalue weighted by Gasteiger charge is -2.08. The summed E-state index contributed by atoms with van der Waals surface area (Å²) in [5.74, 6) is -1.96. The van der Waals surface area contributed by atoms with Gasteiger partial charge in [-0.05, 0) is 13.8 Å². The molecule has 1 aromatic heterocycles. The Labute approximate surface area is 83.4 Å². The molecule has 0 amide bonds. The first-order valence-electron chi connectivity index (χ1n) is 3.75. The summed E-state index contributed by atoms with van der Waals surface area (Å²) in [4.78, 5) is 25.2. The summed E-state index contributed by atoms with van der Waals surface area (Å²) in [7, 11) is 0. The standard InChI is InChI=1S/C8H8FNO3S/c1-8(2,9)5(11)6-10-3-4(14-6)7(12)13/h3H,1-2H3,(H,12,13). The summed E-state index contributed by atoms with van der Waals surface area (Å²) in [6, 6.07) is 0. The lowest BCUT2D eigenvalue weighted by molar-refractivity contribution is 0.0701. The molecule has 0 aliphatic carbocycles. The van der Waals surface area contributed by atoms with Gasteiger partial charge in [-0.2, -0.15) is 0 Å². The van der Waals surface area contributed by atoms with Gasteiger partial charge in [-0.15, -0.1) is 11.3 Å². The minimum Gasteiger partial charge on any atom is -0.477 e. The highest BCUT2D eigenvalue weighted by Gasteiger charge is 2.30. The molecule has 0 aliphatic heterocycles. The van der Waals surface area contributed by atoms with Crippen molar-refractivity contribution in [2.45, 2.75) is 19.5 Å². The van der Waals surface area contributed by atoms with Crippen molar-refractivity contribution >= 4 is 23.1 Å². The zero-order valence-corrected chi connectivity index (χ0v) is 8.39. The number of thiazole rings is 1. The highest BCUT2D eigenvalue weighted by molar-refractivity contribution is 7.15. The molecule has 1 aromatic rings. The van der Waals surface area contributed by atoms with E-state index < -0.39 is 17.4 Å². The predicted octanol–water partition coefficient (Wildman–Crippen LogP) is 1.77. The van der Waals surface area contributed by atoms with Gasteiger partial charge in [0.2, 0.25) is 5.78 Å². The van der Waals surface area contributed by atoms with Crippen LogP contribution in [0, 0.1) is 0 Å². The van der Waals surface area contributed by atoms with Gasteiger partial charge in [-0.25, -0.2) is 14.2 Å². The van der Waals surface area contributed by atoms with E-state index in [1.54, 1.807) is 0 Å². The number of aromatic nitrogens is 1. The summed E-state index contributed by atoms with van der Waals surface area (Å²) in [6.45, 7) is 2.22. The van der Waals surface area contributed by atoms with Crippen molar-refractivity contribution in [3.63, 3.8) is 0 Å². The largest absolute Gasteiger partial charge is 0.477 e. The molecule has 0 unspecified atom stereocenters. The first-order valence-corrected chi connectivity index (χ1v) is 4.57. The molecule has 0 bridgehead atoms. The number of rotatable bonds is 3.